The summed E-state index contributed by atoms with van der Waals surface area (Å²) in [5.41, 5.74) is 5.25. The second kappa shape index (κ2) is 6.68. The Labute approximate surface area is 182 Å². The highest BCUT2D eigenvalue weighted by atomic mass is 16.5. The van der Waals surface area contributed by atoms with E-state index in [1.807, 2.05) is 0 Å². The molecule has 2 heterocycles. The van der Waals surface area contributed by atoms with Crippen LogP contribution in [0, 0.1) is 35.0 Å². The standard InChI is InChI=1S/C27H41NO2/c1-15-11-24-25(28-14-15)17(3)27(30-24)10-8-20-21-6-5-18-12-19(29)7-9-26(18,4)23(21)13-22(20)16(27)2/h5,15,17,19-21,23-25,28-29H,6-14H2,1-4H3/t15-,17+,19-,20-,21-,23+,24-,25-,26-,27-/m0/s1. The second-order valence-corrected chi connectivity index (χ2v) is 12.2. The zero-order valence-corrected chi connectivity index (χ0v) is 19.4. The number of hydrogen-bond donors (Lipinski definition) is 2. The predicted octanol–water partition coefficient (Wildman–Crippen LogP) is 5.00. The Morgan fingerprint density at radius 2 is 2.00 bits per heavy atom. The fourth-order valence-electron chi connectivity index (χ4n) is 9.09. The summed E-state index contributed by atoms with van der Waals surface area (Å²) in [5, 5.41) is 14.1. The number of aliphatic hydroxyl groups excluding tert-OH is 1. The average molecular weight is 412 g/mol. The highest BCUT2D eigenvalue weighted by Crippen LogP contribution is 2.65. The Balaban J connectivity index is 1.34. The summed E-state index contributed by atoms with van der Waals surface area (Å²) >= 11 is 0. The van der Waals surface area contributed by atoms with Crippen molar-refractivity contribution >= 4 is 0 Å². The van der Waals surface area contributed by atoms with E-state index in [0.717, 1.165) is 43.1 Å². The lowest BCUT2D eigenvalue weighted by Crippen LogP contribution is -2.49. The maximum atomic E-state index is 10.3. The fourth-order valence-corrected chi connectivity index (χ4v) is 9.09. The maximum Gasteiger partial charge on any atom is 0.0937 e. The van der Waals surface area contributed by atoms with Crippen LogP contribution in [0.25, 0.3) is 0 Å². The Kier molecular flexibility index (Phi) is 4.46. The Morgan fingerprint density at radius 1 is 1.17 bits per heavy atom. The van der Waals surface area contributed by atoms with Crippen LogP contribution in [0.3, 0.4) is 0 Å². The van der Waals surface area contributed by atoms with Gasteiger partial charge in [-0.15, -0.1) is 0 Å². The molecule has 3 heteroatoms. The van der Waals surface area contributed by atoms with E-state index in [9.17, 15) is 5.11 Å². The van der Waals surface area contributed by atoms with Gasteiger partial charge in [-0.2, -0.15) is 0 Å². The van der Waals surface area contributed by atoms with Crippen molar-refractivity contribution in [2.45, 2.75) is 103 Å². The number of fused-ring (bicyclic) bond motifs is 6. The summed E-state index contributed by atoms with van der Waals surface area (Å²) in [4.78, 5) is 0. The van der Waals surface area contributed by atoms with E-state index in [1.165, 1.54) is 38.5 Å². The van der Waals surface area contributed by atoms with Crippen molar-refractivity contribution in [2.75, 3.05) is 6.54 Å². The lowest BCUT2D eigenvalue weighted by molar-refractivity contribution is -0.0549. The van der Waals surface area contributed by atoms with Crippen molar-refractivity contribution in [3.05, 3.63) is 22.8 Å². The highest BCUT2D eigenvalue weighted by Gasteiger charge is 2.60. The van der Waals surface area contributed by atoms with Gasteiger partial charge in [0, 0.05) is 12.0 Å². The molecule has 166 valence electrons. The summed E-state index contributed by atoms with van der Waals surface area (Å²) in [6.07, 6.45) is 12.2. The van der Waals surface area contributed by atoms with Gasteiger partial charge in [0.2, 0.25) is 0 Å². The lowest BCUT2D eigenvalue weighted by Gasteiger charge is -2.49. The minimum atomic E-state index is -0.111. The van der Waals surface area contributed by atoms with Crippen LogP contribution < -0.4 is 5.32 Å². The Bertz CT molecular complexity index is 801. The monoisotopic (exact) mass is 411 g/mol. The number of piperidine rings is 1. The quantitative estimate of drug-likeness (QED) is 0.551. The van der Waals surface area contributed by atoms with Crippen LogP contribution in [0.2, 0.25) is 0 Å². The first-order chi connectivity index (χ1) is 14.3. The third kappa shape index (κ3) is 2.55. The molecule has 0 bridgehead atoms. The number of allylic oxidation sites excluding steroid dienone is 2. The van der Waals surface area contributed by atoms with Crippen LogP contribution >= 0.6 is 0 Å². The maximum absolute atomic E-state index is 10.3. The van der Waals surface area contributed by atoms with Gasteiger partial charge in [0.1, 0.15) is 0 Å². The van der Waals surface area contributed by atoms with Crippen LogP contribution in [0.4, 0.5) is 0 Å². The molecule has 2 N–H and O–H groups in total. The van der Waals surface area contributed by atoms with Gasteiger partial charge in [-0.1, -0.05) is 38.0 Å². The molecule has 2 saturated carbocycles. The van der Waals surface area contributed by atoms with E-state index in [-0.39, 0.29) is 11.7 Å². The van der Waals surface area contributed by atoms with Crippen molar-refractivity contribution in [3.8, 4) is 0 Å². The fraction of sp³-hybridized carbons (Fsp3) is 0.852. The number of nitrogens with one attached hydrogen (secondary N) is 1. The van der Waals surface area contributed by atoms with E-state index in [2.05, 4.69) is 39.1 Å². The zero-order chi connectivity index (χ0) is 20.8. The van der Waals surface area contributed by atoms with Gasteiger partial charge in [-0.25, -0.2) is 0 Å². The number of hydrogen-bond acceptors (Lipinski definition) is 3. The number of rotatable bonds is 0. The molecule has 6 aliphatic rings. The summed E-state index contributed by atoms with van der Waals surface area (Å²) in [5.74, 6) is 3.64. The molecular formula is C27H41NO2. The first kappa shape index (κ1) is 20.0. The topological polar surface area (TPSA) is 41.5 Å². The molecule has 0 unspecified atom stereocenters. The lowest BCUT2D eigenvalue weighted by atomic mass is 9.56. The average Bonchev–Trinajstić information content (AvgIpc) is 3.23. The van der Waals surface area contributed by atoms with Crippen LogP contribution in [0.1, 0.15) is 79.1 Å². The molecule has 2 aliphatic heterocycles. The van der Waals surface area contributed by atoms with E-state index in [4.69, 9.17) is 4.74 Å². The summed E-state index contributed by atoms with van der Waals surface area (Å²) in [7, 11) is 0. The van der Waals surface area contributed by atoms with Crippen LogP contribution in [0.15, 0.2) is 22.8 Å². The van der Waals surface area contributed by atoms with Gasteiger partial charge in [0.15, 0.2) is 0 Å². The van der Waals surface area contributed by atoms with Gasteiger partial charge >= 0.3 is 0 Å². The third-order valence-electron chi connectivity index (χ3n) is 10.9. The molecule has 4 aliphatic carbocycles. The molecule has 30 heavy (non-hydrogen) atoms. The molecule has 3 nitrogen and oxygen atoms in total. The molecule has 4 fully saturated rings. The van der Waals surface area contributed by atoms with E-state index >= 15 is 0 Å². The molecular weight excluding hydrogens is 370 g/mol. The van der Waals surface area contributed by atoms with E-state index in [0.29, 0.717) is 23.5 Å². The Morgan fingerprint density at radius 3 is 2.83 bits per heavy atom. The molecule has 1 spiro atoms. The van der Waals surface area contributed by atoms with Gasteiger partial charge in [-0.3, -0.25) is 0 Å². The predicted molar refractivity (Wildman–Crippen MR) is 120 cm³/mol. The van der Waals surface area contributed by atoms with Crippen molar-refractivity contribution < 1.29 is 9.84 Å². The van der Waals surface area contributed by atoms with Gasteiger partial charge in [0.05, 0.1) is 17.8 Å². The van der Waals surface area contributed by atoms with Crippen LogP contribution in [-0.4, -0.2) is 35.5 Å². The van der Waals surface area contributed by atoms with Gasteiger partial charge in [0.25, 0.3) is 0 Å². The van der Waals surface area contributed by atoms with Crippen molar-refractivity contribution in [1.29, 1.82) is 0 Å². The Hall–Kier alpha value is -0.640. The molecule has 0 aromatic rings. The van der Waals surface area contributed by atoms with Crippen LogP contribution in [0.5, 0.6) is 0 Å². The normalized spacial score (nSPS) is 55.0. The number of ether oxygens (including phenoxy) is 1. The van der Waals surface area contributed by atoms with Gasteiger partial charge < -0.3 is 15.2 Å². The molecule has 0 amide bonds. The van der Waals surface area contributed by atoms with E-state index in [1.54, 1.807) is 16.7 Å². The summed E-state index contributed by atoms with van der Waals surface area (Å²) < 4.78 is 7.03. The highest BCUT2D eigenvalue weighted by molar-refractivity contribution is 5.38. The largest absolute Gasteiger partial charge is 0.393 e. The summed E-state index contributed by atoms with van der Waals surface area (Å²) in [6, 6.07) is 0.530. The second-order valence-electron chi connectivity index (χ2n) is 12.2. The van der Waals surface area contributed by atoms with E-state index < -0.39 is 0 Å². The SMILES string of the molecule is CC1=C2C[C@@H]3[C@@H](CC=C4C[C@@H](O)CC[C@@]43C)[C@@H]2CC[C@]12O[C@H]1C[C@H](C)CN[C@H]1[C@H]2C. The minimum Gasteiger partial charge on any atom is -0.393 e. The minimum absolute atomic E-state index is 0.0222. The van der Waals surface area contributed by atoms with Crippen molar-refractivity contribution in [3.63, 3.8) is 0 Å². The smallest absolute Gasteiger partial charge is 0.0937 e. The third-order valence-corrected chi connectivity index (χ3v) is 10.9. The molecule has 0 aromatic heterocycles. The molecule has 2 saturated heterocycles. The molecule has 10 atom stereocenters. The van der Waals surface area contributed by atoms with Gasteiger partial charge in [-0.05, 0) is 99.5 Å². The summed E-state index contributed by atoms with van der Waals surface area (Å²) in [6.45, 7) is 10.9. The first-order valence-electron chi connectivity index (χ1n) is 12.8. The zero-order valence-electron chi connectivity index (χ0n) is 19.4. The number of aliphatic hydroxyl groups is 1. The molecule has 0 radical (unpaired) electrons. The van der Waals surface area contributed by atoms with Crippen molar-refractivity contribution in [1.82, 2.24) is 5.32 Å². The van der Waals surface area contributed by atoms with Crippen molar-refractivity contribution in [2.24, 2.45) is 35.0 Å². The molecule has 6 rings (SSSR count). The van der Waals surface area contributed by atoms with Crippen LogP contribution in [-0.2, 0) is 4.74 Å². The molecule has 0 aromatic carbocycles. The first-order valence-corrected chi connectivity index (χ1v) is 12.8.